The molecule has 0 unspecified atom stereocenters. The van der Waals surface area contributed by atoms with Crippen LogP contribution in [-0.4, -0.2) is 31.9 Å². The van der Waals surface area contributed by atoms with Gasteiger partial charge in [-0.05, 0) is 36.1 Å². The van der Waals surface area contributed by atoms with Crippen molar-refractivity contribution in [3.8, 4) is 0 Å². The molecule has 2 aromatic rings. The van der Waals surface area contributed by atoms with Crippen molar-refractivity contribution in [2.24, 2.45) is 0 Å². The van der Waals surface area contributed by atoms with Crippen LogP contribution in [0.1, 0.15) is 30.4 Å². The van der Waals surface area contributed by atoms with Crippen LogP contribution in [0.5, 0.6) is 0 Å². The zero-order valence-electron chi connectivity index (χ0n) is 12.0. The topological polar surface area (TPSA) is 92.4 Å². The summed E-state index contributed by atoms with van der Waals surface area (Å²) in [5.41, 5.74) is 4.22. The molecule has 0 fully saturated rings. The van der Waals surface area contributed by atoms with Gasteiger partial charge in [0.15, 0.2) is 0 Å². The van der Waals surface area contributed by atoms with Crippen LogP contribution in [-0.2, 0) is 22.6 Å². The molecule has 1 heterocycles. The Labute approximate surface area is 126 Å². The Bertz CT molecular complexity index is 789. The summed E-state index contributed by atoms with van der Waals surface area (Å²) in [5, 5.41) is 22.8. The Hall–Kier alpha value is -2.63. The van der Waals surface area contributed by atoms with Gasteiger partial charge in [0.05, 0.1) is 18.5 Å². The highest BCUT2D eigenvalue weighted by molar-refractivity contribution is 5.84. The molecule has 1 aliphatic rings. The van der Waals surface area contributed by atoms with Crippen LogP contribution >= 0.6 is 0 Å². The molecule has 2 N–H and O–H groups in total. The first-order valence-electron chi connectivity index (χ1n) is 7.14. The minimum atomic E-state index is -0.840. The predicted molar refractivity (Wildman–Crippen MR) is 80.5 cm³/mol. The zero-order chi connectivity index (χ0) is 15.7. The van der Waals surface area contributed by atoms with Gasteiger partial charge in [0.25, 0.3) is 0 Å². The normalized spacial score (nSPS) is 13.2. The van der Waals surface area contributed by atoms with Crippen LogP contribution in [0.3, 0.4) is 0 Å². The zero-order valence-corrected chi connectivity index (χ0v) is 12.0. The fourth-order valence-corrected chi connectivity index (χ4v) is 2.74. The van der Waals surface area contributed by atoms with Crippen molar-refractivity contribution in [3.05, 3.63) is 35.0 Å². The lowest BCUT2D eigenvalue weighted by Crippen LogP contribution is -2.04. The number of aryl methyl sites for hydroxylation is 1. The van der Waals surface area contributed by atoms with E-state index in [9.17, 15) is 9.59 Å². The smallest absolute Gasteiger partial charge is 0.305 e. The van der Waals surface area contributed by atoms with E-state index in [-0.39, 0.29) is 12.8 Å². The van der Waals surface area contributed by atoms with E-state index in [0.717, 1.165) is 34.0 Å². The minimum absolute atomic E-state index is 0.0486. The Morgan fingerprint density at radius 3 is 2.68 bits per heavy atom. The molecule has 0 radical (unpaired) electrons. The van der Waals surface area contributed by atoms with Crippen molar-refractivity contribution in [1.29, 1.82) is 0 Å². The third kappa shape index (κ3) is 3.00. The summed E-state index contributed by atoms with van der Waals surface area (Å²) < 4.78 is 1.66. The summed E-state index contributed by atoms with van der Waals surface area (Å²) in [4.78, 5) is 21.3. The highest BCUT2D eigenvalue weighted by Crippen LogP contribution is 2.30. The van der Waals surface area contributed by atoms with Gasteiger partial charge in [-0.15, -0.1) is 0 Å². The van der Waals surface area contributed by atoms with Gasteiger partial charge in [0.2, 0.25) is 0 Å². The van der Waals surface area contributed by atoms with Crippen molar-refractivity contribution in [1.82, 2.24) is 9.78 Å². The first-order chi connectivity index (χ1) is 10.5. The minimum Gasteiger partial charge on any atom is -0.481 e. The maximum atomic E-state index is 10.6. The van der Waals surface area contributed by atoms with E-state index >= 15 is 0 Å². The number of aliphatic carboxylic acids is 2. The Morgan fingerprint density at radius 1 is 1.18 bits per heavy atom. The molecule has 22 heavy (non-hydrogen) atoms. The van der Waals surface area contributed by atoms with Crippen molar-refractivity contribution in [3.63, 3.8) is 0 Å². The molecule has 6 heteroatoms. The summed E-state index contributed by atoms with van der Waals surface area (Å²) in [6, 6.07) is 4.04. The molecule has 0 spiro atoms. The van der Waals surface area contributed by atoms with Gasteiger partial charge >= 0.3 is 11.9 Å². The lowest BCUT2D eigenvalue weighted by Gasteiger charge is -1.99. The van der Waals surface area contributed by atoms with Gasteiger partial charge in [-0.1, -0.05) is 11.6 Å². The van der Waals surface area contributed by atoms with Gasteiger partial charge in [-0.25, -0.2) is 0 Å². The molecule has 0 saturated carbocycles. The molecule has 0 amide bonds. The number of fused-ring (bicyclic) bond motifs is 2. The highest BCUT2D eigenvalue weighted by atomic mass is 16.4. The van der Waals surface area contributed by atoms with Crippen molar-refractivity contribution >= 4 is 28.9 Å². The maximum Gasteiger partial charge on any atom is 0.305 e. The summed E-state index contributed by atoms with van der Waals surface area (Å²) in [7, 11) is 0. The molecule has 6 nitrogen and oxygen atoms in total. The lowest BCUT2D eigenvalue weighted by molar-refractivity contribution is -0.138. The molecule has 1 aromatic heterocycles. The third-order valence-corrected chi connectivity index (χ3v) is 3.80. The van der Waals surface area contributed by atoms with Crippen LogP contribution in [0.4, 0.5) is 0 Å². The van der Waals surface area contributed by atoms with E-state index in [1.165, 1.54) is 0 Å². The second-order valence-corrected chi connectivity index (χ2v) is 5.52. The van der Waals surface area contributed by atoms with Gasteiger partial charge < -0.3 is 10.2 Å². The number of carboxylic acid groups (broad SMARTS) is 2. The van der Waals surface area contributed by atoms with Gasteiger partial charge in [-0.2, -0.15) is 5.10 Å². The van der Waals surface area contributed by atoms with E-state index in [1.807, 2.05) is 24.4 Å². The van der Waals surface area contributed by atoms with E-state index < -0.39 is 11.9 Å². The number of allylic oxidation sites excluding steroid dienone is 1. The molecule has 1 aromatic carbocycles. The largest absolute Gasteiger partial charge is 0.481 e. The lowest BCUT2D eigenvalue weighted by atomic mass is 10.1. The van der Waals surface area contributed by atoms with E-state index in [2.05, 4.69) is 5.10 Å². The number of carboxylic acids is 2. The number of carbonyl (C=O) groups is 2. The Kier molecular flexibility index (Phi) is 3.66. The second kappa shape index (κ2) is 5.63. The summed E-state index contributed by atoms with van der Waals surface area (Å²) in [6.07, 6.45) is 5.43. The predicted octanol–water partition coefficient (Wildman–Crippen LogP) is 2.32. The first kappa shape index (κ1) is 14.3. The van der Waals surface area contributed by atoms with Crippen molar-refractivity contribution in [2.45, 2.75) is 32.2 Å². The van der Waals surface area contributed by atoms with Crippen LogP contribution in [0.15, 0.2) is 23.9 Å². The highest BCUT2D eigenvalue weighted by Gasteiger charge is 2.15. The Morgan fingerprint density at radius 2 is 1.95 bits per heavy atom. The number of hydrogen-bond acceptors (Lipinski definition) is 3. The molecular formula is C16H16N2O4. The number of rotatable bonds is 6. The molecular weight excluding hydrogens is 284 g/mol. The number of nitrogens with zero attached hydrogens (tertiary/aromatic N) is 2. The van der Waals surface area contributed by atoms with Gasteiger partial charge in [0, 0.05) is 18.0 Å². The van der Waals surface area contributed by atoms with E-state index in [4.69, 9.17) is 10.2 Å². The van der Waals surface area contributed by atoms with Crippen LogP contribution in [0, 0.1) is 0 Å². The fraction of sp³-hybridized carbons (Fsp3) is 0.312. The molecule has 114 valence electrons. The SMILES string of the molecule is O=C(O)CCC1=Cc2cc3cn(CCC(=O)O)nc3cc2C1. The standard InChI is InChI=1S/C16H16N2O4/c19-15(20)2-1-10-5-11-7-13-9-18(4-3-16(21)22)17-14(13)8-12(11)6-10/h5,7-9H,1-4,6H2,(H,19,20)(H,21,22). The quantitative estimate of drug-likeness (QED) is 0.854. The molecule has 0 saturated heterocycles. The van der Waals surface area contributed by atoms with Gasteiger partial charge in [0.1, 0.15) is 0 Å². The monoisotopic (exact) mass is 300 g/mol. The third-order valence-electron chi connectivity index (χ3n) is 3.80. The van der Waals surface area contributed by atoms with E-state index in [1.54, 1.807) is 4.68 Å². The van der Waals surface area contributed by atoms with Crippen LogP contribution < -0.4 is 0 Å². The second-order valence-electron chi connectivity index (χ2n) is 5.52. The Balaban J connectivity index is 1.80. The number of aromatic nitrogens is 2. The average Bonchev–Trinajstić information content (AvgIpc) is 3.02. The summed E-state index contributed by atoms with van der Waals surface area (Å²) >= 11 is 0. The summed E-state index contributed by atoms with van der Waals surface area (Å²) in [5.74, 6) is -1.62. The molecule has 0 bridgehead atoms. The van der Waals surface area contributed by atoms with Crippen LogP contribution in [0.25, 0.3) is 17.0 Å². The number of hydrogen-bond donors (Lipinski definition) is 2. The molecule has 0 aliphatic heterocycles. The van der Waals surface area contributed by atoms with Crippen LogP contribution in [0.2, 0.25) is 0 Å². The van der Waals surface area contributed by atoms with E-state index in [0.29, 0.717) is 13.0 Å². The summed E-state index contributed by atoms with van der Waals surface area (Å²) in [6.45, 7) is 0.356. The van der Waals surface area contributed by atoms with Crippen molar-refractivity contribution in [2.75, 3.05) is 0 Å². The maximum absolute atomic E-state index is 10.6. The molecule has 0 atom stereocenters. The average molecular weight is 300 g/mol. The van der Waals surface area contributed by atoms with Crippen molar-refractivity contribution < 1.29 is 19.8 Å². The molecule has 1 aliphatic carbocycles. The number of benzene rings is 1. The fourth-order valence-electron chi connectivity index (χ4n) is 2.74. The molecule has 3 rings (SSSR count). The first-order valence-corrected chi connectivity index (χ1v) is 7.14. The van der Waals surface area contributed by atoms with Gasteiger partial charge in [-0.3, -0.25) is 14.3 Å².